The van der Waals surface area contributed by atoms with E-state index in [0.717, 1.165) is 48.1 Å². The number of aromatic nitrogens is 3. The first-order chi connectivity index (χ1) is 16.5. The zero-order valence-electron chi connectivity index (χ0n) is 20.1. The van der Waals surface area contributed by atoms with Gasteiger partial charge in [-0.15, -0.1) is 11.3 Å². The molecule has 0 saturated carbocycles. The van der Waals surface area contributed by atoms with E-state index < -0.39 is 0 Å². The van der Waals surface area contributed by atoms with Gasteiger partial charge in [0.25, 0.3) is 0 Å². The molecule has 0 spiro atoms. The average Bonchev–Trinajstić information content (AvgIpc) is 3.29. The second-order valence-corrected chi connectivity index (χ2v) is 10.7. The fourth-order valence-corrected chi connectivity index (χ4v) is 5.49. The molecule has 3 heterocycles. The summed E-state index contributed by atoms with van der Waals surface area (Å²) in [6.07, 6.45) is 3.80. The summed E-state index contributed by atoms with van der Waals surface area (Å²) in [7, 11) is 1.96. The fourth-order valence-electron chi connectivity index (χ4n) is 3.73. The highest BCUT2D eigenvalue weighted by atomic mass is 32.2. The average molecular weight is 502 g/mol. The number of rotatable bonds is 9. The van der Waals surface area contributed by atoms with Gasteiger partial charge in [-0.05, 0) is 65.0 Å². The monoisotopic (exact) mass is 501 g/mol. The minimum atomic E-state index is -0.308. The molecule has 1 aliphatic heterocycles. The summed E-state index contributed by atoms with van der Waals surface area (Å²) in [5.74, 6) is 0.620. The molecule has 1 saturated heterocycles. The normalized spacial score (nSPS) is 14.7. The molecular weight excluding hydrogens is 469 g/mol. The summed E-state index contributed by atoms with van der Waals surface area (Å²) >= 11 is 2.99. The van der Waals surface area contributed by atoms with Crippen molar-refractivity contribution in [3.8, 4) is 21.8 Å². The molecule has 3 aromatic rings. The van der Waals surface area contributed by atoms with Gasteiger partial charge in [-0.25, -0.2) is 23.6 Å². The third-order valence-electron chi connectivity index (χ3n) is 5.65. The van der Waals surface area contributed by atoms with Crippen molar-refractivity contribution < 1.29 is 4.39 Å². The Morgan fingerprint density at radius 1 is 1.24 bits per heavy atom. The van der Waals surface area contributed by atoms with Crippen LogP contribution in [0.3, 0.4) is 0 Å². The molecule has 1 fully saturated rings. The number of nitrogens with zero attached hydrogens (tertiary/aromatic N) is 4. The lowest BCUT2D eigenvalue weighted by molar-refractivity contribution is 0.459. The summed E-state index contributed by atoms with van der Waals surface area (Å²) < 4.78 is 20.9. The smallest absolute Gasteiger partial charge is 0.223 e. The third kappa shape index (κ3) is 5.86. The van der Waals surface area contributed by atoms with E-state index in [0.29, 0.717) is 28.8 Å². The van der Waals surface area contributed by atoms with Gasteiger partial charge in [0, 0.05) is 42.4 Å². The first-order valence-corrected chi connectivity index (χ1v) is 13.3. The van der Waals surface area contributed by atoms with E-state index in [-0.39, 0.29) is 11.9 Å². The van der Waals surface area contributed by atoms with Gasteiger partial charge in [-0.2, -0.15) is 0 Å². The molecule has 0 radical (unpaired) electrons. The van der Waals surface area contributed by atoms with E-state index in [9.17, 15) is 0 Å². The number of nitrogens with one attached hydrogen (secondary N) is 3. The summed E-state index contributed by atoms with van der Waals surface area (Å²) in [5, 5.41) is 7.72. The molecule has 3 N–H and O–H groups in total. The van der Waals surface area contributed by atoms with E-state index in [1.807, 2.05) is 37.3 Å². The largest absolute Gasteiger partial charge is 0.352 e. The quantitative estimate of drug-likeness (QED) is 0.326. The van der Waals surface area contributed by atoms with Gasteiger partial charge in [0.1, 0.15) is 0 Å². The van der Waals surface area contributed by atoms with Gasteiger partial charge in [-0.3, -0.25) is 0 Å². The number of piperidine rings is 1. The molecule has 182 valence electrons. The van der Waals surface area contributed by atoms with Crippen molar-refractivity contribution in [2.75, 3.05) is 36.7 Å². The molecule has 0 bridgehead atoms. The summed E-state index contributed by atoms with van der Waals surface area (Å²) in [6, 6.07) is 7.51. The Morgan fingerprint density at radius 3 is 2.76 bits per heavy atom. The Bertz CT molecular complexity index is 1100. The predicted molar refractivity (Wildman–Crippen MR) is 142 cm³/mol. The molecule has 10 heteroatoms. The van der Waals surface area contributed by atoms with E-state index in [1.54, 1.807) is 29.7 Å². The minimum absolute atomic E-state index is 0.209. The Hall–Kier alpha value is -2.27. The predicted octanol–water partition coefficient (Wildman–Crippen LogP) is 5.62. The highest BCUT2D eigenvalue weighted by Crippen LogP contribution is 2.42. The van der Waals surface area contributed by atoms with Crippen LogP contribution in [0.5, 0.6) is 0 Å². The van der Waals surface area contributed by atoms with Crippen molar-refractivity contribution in [3.63, 3.8) is 0 Å². The van der Waals surface area contributed by atoms with Crippen LogP contribution in [-0.4, -0.2) is 52.0 Å². The van der Waals surface area contributed by atoms with E-state index in [2.05, 4.69) is 27.3 Å². The van der Waals surface area contributed by atoms with Crippen molar-refractivity contribution in [3.05, 3.63) is 41.3 Å². The molecule has 0 atom stereocenters. The van der Waals surface area contributed by atoms with Crippen LogP contribution in [0.1, 0.15) is 44.5 Å². The van der Waals surface area contributed by atoms with E-state index in [4.69, 9.17) is 9.97 Å². The van der Waals surface area contributed by atoms with E-state index in [1.165, 1.54) is 12.1 Å². The summed E-state index contributed by atoms with van der Waals surface area (Å²) in [4.78, 5) is 15.0. The van der Waals surface area contributed by atoms with Gasteiger partial charge < -0.3 is 15.4 Å². The lowest BCUT2D eigenvalue weighted by Crippen LogP contribution is -2.26. The van der Waals surface area contributed by atoms with Crippen LogP contribution in [0.25, 0.3) is 21.8 Å². The maximum absolute atomic E-state index is 15.7. The van der Waals surface area contributed by atoms with Crippen LogP contribution in [0.4, 0.5) is 16.0 Å². The number of hydrogen-bond acceptors (Lipinski definition) is 9. The van der Waals surface area contributed by atoms with Gasteiger partial charge in [-0.1, -0.05) is 13.0 Å². The second kappa shape index (κ2) is 11.4. The Kier molecular flexibility index (Phi) is 8.36. The zero-order valence-corrected chi connectivity index (χ0v) is 21.7. The van der Waals surface area contributed by atoms with Gasteiger partial charge >= 0.3 is 0 Å². The first-order valence-electron chi connectivity index (χ1n) is 11.7. The highest BCUT2D eigenvalue weighted by Gasteiger charge is 2.25. The molecule has 0 aliphatic carbocycles. The Labute approximate surface area is 209 Å². The molecule has 0 amide bonds. The van der Waals surface area contributed by atoms with E-state index >= 15 is 4.39 Å². The zero-order chi connectivity index (χ0) is 24.1. The number of hydrogen-bond donors (Lipinski definition) is 3. The minimum Gasteiger partial charge on any atom is -0.352 e. The molecule has 0 unspecified atom stereocenters. The van der Waals surface area contributed by atoms with Crippen molar-refractivity contribution in [2.45, 2.75) is 45.6 Å². The highest BCUT2D eigenvalue weighted by molar-refractivity contribution is 7.98. The van der Waals surface area contributed by atoms with Crippen molar-refractivity contribution in [1.29, 1.82) is 0 Å². The molecule has 7 nitrogen and oxygen atoms in total. The molecule has 4 rings (SSSR count). The van der Waals surface area contributed by atoms with Gasteiger partial charge in [0.15, 0.2) is 5.82 Å². The lowest BCUT2D eigenvalue weighted by Gasteiger charge is -2.20. The molecule has 1 aliphatic rings. The van der Waals surface area contributed by atoms with Gasteiger partial charge in [0.2, 0.25) is 5.95 Å². The first kappa shape index (κ1) is 24.8. The number of anilines is 2. The van der Waals surface area contributed by atoms with Crippen LogP contribution in [0.2, 0.25) is 0 Å². The van der Waals surface area contributed by atoms with Crippen LogP contribution in [0.15, 0.2) is 30.5 Å². The molecule has 2 aromatic heterocycles. The molecule has 34 heavy (non-hydrogen) atoms. The van der Waals surface area contributed by atoms with Gasteiger partial charge in [0.05, 0.1) is 27.0 Å². The van der Waals surface area contributed by atoms with Crippen LogP contribution < -0.4 is 15.4 Å². The number of benzene rings is 1. The van der Waals surface area contributed by atoms with Crippen molar-refractivity contribution in [1.82, 2.24) is 24.6 Å². The van der Waals surface area contributed by atoms with Crippen molar-refractivity contribution in [2.24, 2.45) is 0 Å². The van der Waals surface area contributed by atoms with Crippen molar-refractivity contribution >= 4 is 35.1 Å². The third-order valence-corrected chi connectivity index (χ3v) is 7.77. The van der Waals surface area contributed by atoms with Crippen LogP contribution in [0, 0.1) is 5.82 Å². The number of thiazole rings is 1. The topological polar surface area (TPSA) is 78.0 Å². The molecule has 1 aromatic carbocycles. The molecular formula is C24H32FN7S2. The lowest BCUT2D eigenvalue weighted by atomic mass is 9.99. The second-order valence-electron chi connectivity index (χ2n) is 8.62. The maximum Gasteiger partial charge on any atom is 0.223 e. The Morgan fingerprint density at radius 2 is 2.03 bits per heavy atom. The SMILES string of the molecule is CCN(C)SNc1cccc(-c2nc(C3CCNCC3)sc2-c2ccnc(NC(C)C)n2)c1F. The number of halogens is 1. The van der Waals surface area contributed by atoms with Crippen LogP contribution >= 0.6 is 23.5 Å². The standard InChI is InChI=1S/C24H32FN7S2/c1-5-32(4)34-31-18-8-6-7-17(20(18)25)21-22(19-11-14-27-24(29-19)28-15(2)3)33-23(30-21)16-9-12-26-13-10-16/h6-8,11,14-16,26,31H,5,9-10,12-13H2,1-4H3,(H,27,28,29). The fraction of sp³-hybridized carbons (Fsp3) is 0.458. The van der Waals surface area contributed by atoms with Crippen LogP contribution in [-0.2, 0) is 0 Å². The summed E-state index contributed by atoms with van der Waals surface area (Å²) in [5.41, 5.74) is 2.31. The Balaban J connectivity index is 1.77. The maximum atomic E-state index is 15.7. The summed E-state index contributed by atoms with van der Waals surface area (Å²) in [6.45, 7) is 8.93.